The van der Waals surface area contributed by atoms with Crippen molar-refractivity contribution in [1.82, 2.24) is 4.57 Å². The van der Waals surface area contributed by atoms with Gasteiger partial charge in [0.15, 0.2) is 11.0 Å². The average molecular weight is 382 g/mol. The molecule has 1 aliphatic carbocycles. The third kappa shape index (κ3) is 3.17. The molecule has 0 spiro atoms. The second-order valence-corrected chi connectivity index (χ2v) is 8.43. The van der Waals surface area contributed by atoms with Crippen molar-refractivity contribution < 1.29 is 4.57 Å². The van der Waals surface area contributed by atoms with E-state index in [-0.39, 0.29) is 0 Å². The van der Waals surface area contributed by atoms with Gasteiger partial charge in [-0.3, -0.25) is 0 Å². The molecule has 2 heteroatoms. The summed E-state index contributed by atoms with van der Waals surface area (Å²) in [6, 6.07) is 27.1. The fourth-order valence-corrected chi connectivity index (χ4v) is 5.09. The number of aromatic nitrogens is 2. The van der Waals surface area contributed by atoms with Gasteiger partial charge in [-0.25, -0.2) is 9.13 Å². The highest BCUT2D eigenvalue weighted by atomic mass is 15.2. The van der Waals surface area contributed by atoms with Gasteiger partial charge in [0.2, 0.25) is 0 Å². The predicted molar refractivity (Wildman–Crippen MR) is 121 cm³/mol. The third-order valence-corrected chi connectivity index (χ3v) is 6.56. The summed E-state index contributed by atoms with van der Waals surface area (Å²) >= 11 is 0. The van der Waals surface area contributed by atoms with Crippen molar-refractivity contribution in [3.63, 3.8) is 0 Å². The summed E-state index contributed by atoms with van der Waals surface area (Å²) in [7, 11) is 2.22. The predicted octanol–water partition coefficient (Wildman–Crippen LogP) is 6.61. The van der Waals surface area contributed by atoms with Crippen molar-refractivity contribution in [2.45, 2.75) is 45.1 Å². The number of rotatable bonds is 3. The molecule has 1 aliphatic rings. The highest BCUT2D eigenvalue weighted by Gasteiger charge is 2.31. The third-order valence-electron chi connectivity index (χ3n) is 6.56. The van der Waals surface area contributed by atoms with Gasteiger partial charge in [-0.2, -0.15) is 0 Å². The van der Waals surface area contributed by atoms with Crippen LogP contribution >= 0.6 is 0 Å². The molecule has 0 radical (unpaired) electrons. The van der Waals surface area contributed by atoms with E-state index in [1.165, 1.54) is 71.2 Å². The fraction of sp³-hybridized carbons (Fsp3) is 0.296. The van der Waals surface area contributed by atoms with E-state index >= 15 is 0 Å². The lowest BCUT2D eigenvalue weighted by Gasteiger charge is -2.21. The molecule has 0 amide bonds. The molecule has 1 aromatic heterocycles. The van der Waals surface area contributed by atoms with E-state index in [1.54, 1.807) is 0 Å². The van der Waals surface area contributed by atoms with E-state index in [0.717, 1.165) is 0 Å². The first-order valence-corrected chi connectivity index (χ1v) is 10.9. The summed E-state index contributed by atoms with van der Waals surface area (Å²) in [5.74, 6) is 1.34. The number of fused-ring (bicyclic) bond motifs is 1. The summed E-state index contributed by atoms with van der Waals surface area (Å²) in [6.45, 7) is 2.25. The molecule has 1 heterocycles. The van der Waals surface area contributed by atoms with Crippen LogP contribution in [0.4, 0.5) is 0 Å². The van der Waals surface area contributed by atoms with Gasteiger partial charge in [-0.1, -0.05) is 61.0 Å². The van der Waals surface area contributed by atoms with Gasteiger partial charge < -0.3 is 0 Å². The van der Waals surface area contributed by atoms with Crippen LogP contribution in [-0.4, -0.2) is 4.57 Å². The maximum atomic E-state index is 2.64. The van der Waals surface area contributed by atoms with Crippen LogP contribution in [-0.2, 0) is 7.05 Å². The van der Waals surface area contributed by atoms with Crippen LogP contribution < -0.4 is 4.57 Å². The summed E-state index contributed by atoms with van der Waals surface area (Å²) < 4.78 is 5.04. The summed E-state index contributed by atoms with van der Waals surface area (Å²) in [6.07, 6.45) is 6.63. The van der Waals surface area contributed by atoms with E-state index in [4.69, 9.17) is 0 Å². The number of hydrogen-bond acceptors (Lipinski definition) is 0. The molecule has 0 N–H and O–H groups in total. The molecular formula is C27H29N2+. The quantitative estimate of drug-likeness (QED) is 0.353. The van der Waals surface area contributed by atoms with Gasteiger partial charge in [0.05, 0.1) is 12.6 Å². The summed E-state index contributed by atoms with van der Waals surface area (Å²) in [4.78, 5) is 0. The van der Waals surface area contributed by atoms with Crippen LogP contribution in [0.2, 0.25) is 0 Å². The molecule has 1 fully saturated rings. The zero-order valence-corrected chi connectivity index (χ0v) is 17.4. The van der Waals surface area contributed by atoms with Crippen molar-refractivity contribution in [3.05, 3.63) is 78.4 Å². The Bertz CT molecular complexity index is 1150. The van der Waals surface area contributed by atoms with Gasteiger partial charge in [-0.15, -0.1) is 0 Å². The number of aryl methyl sites for hydroxylation is 2. The Morgan fingerprint density at radius 3 is 2.28 bits per heavy atom. The van der Waals surface area contributed by atoms with Gasteiger partial charge in [0.1, 0.15) is 6.04 Å². The second kappa shape index (κ2) is 7.51. The van der Waals surface area contributed by atoms with Gasteiger partial charge in [0, 0.05) is 0 Å². The topological polar surface area (TPSA) is 8.81 Å². The van der Waals surface area contributed by atoms with Crippen LogP contribution in [0.5, 0.6) is 0 Å². The van der Waals surface area contributed by atoms with E-state index in [2.05, 4.69) is 95.9 Å². The molecular weight excluding hydrogens is 352 g/mol. The molecule has 5 rings (SSSR count). The Morgan fingerprint density at radius 2 is 1.52 bits per heavy atom. The number of imidazole rings is 1. The molecule has 0 unspecified atom stereocenters. The minimum atomic E-state index is 0.595. The Morgan fingerprint density at radius 1 is 0.793 bits per heavy atom. The highest BCUT2D eigenvalue weighted by Crippen LogP contribution is 2.36. The van der Waals surface area contributed by atoms with Crippen molar-refractivity contribution >= 4 is 11.0 Å². The van der Waals surface area contributed by atoms with Crippen molar-refractivity contribution in [2.75, 3.05) is 0 Å². The van der Waals surface area contributed by atoms with Gasteiger partial charge >= 0.3 is 0 Å². The van der Waals surface area contributed by atoms with Gasteiger partial charge in [-0.05, 0) is 67.5 Å². The van der Waals surface area contributed by atoms with Crippen LogP contribution in [0, 0.1) is 6.92 Å². The normalized spacial score (nSPS) is 15.1. The SMILES string of the molecule is Cc1cc(-c2ccccc2)ccc1-c1n(C2CCCCC2)c2ccccc2[n+]1C. The molecule has 2 nitrogen and oxygen atoms in total. The lowest BCUT2D eigenvalue weighted by atomic mass is 9.94. The molecule has 0 aliphatic heterocycles. The Balaban J connectivity index is 1.69. The lowest BCUT2D eigenvalue weighted by Crippen LogP contribution is -2.31. The molecule has 0 atom stereocenters. The smallest absolute Gasteiger partial charge is 0.226 e. The van der Waals surface area contributed by atoms with Gasteiger partial charge in [0.25, 0.3) is 5.82 Å². The number of para-hydroxylation sites is 2. The highest BCUT2D eigenvalue weighted by molar-refractivity contribution is 5.78. The summed E-state index contributed by atoms with van der Waals surface area (Å²) in [5, 5.41) is 0. The minimum Gasteiger partial charge on any atom is -0.226 e. The Hall–Kier alpha value is -2.87. The zero-order chi connectivity index (χ0) is 19.8. The lowest BCUT2D eigenvalue weighted by molar-refractivity contribution is -0.634. The summed E-state index contributed by atoms with van der Waals surface area (Å²) in [5.41, 5.74) is 7.92. The Kier molecular flexibility index (Phi) is 4.71. The maximum absolute atomic E-state index is 2.64. The van der Waals surface area contributed by atoms with Crippen LogP contribution in [0.25, 0.3) is 33.5 Å². The zero-order valence-electron chi connectivity index (χ0n) is 17.4. The molecule has 0 bridgehead atoms. The first-order valence-electron chi connectivity index (χ1n) is 10.9. The minimum absolute atomic E-state index is 0.595. The Labute approximate surface area is 173 Å². The van der Waals surface area contributed by atoms with Crippen LogP contribution in [0.3, 0.4) is 0 Å². The first kappa shape index (κ1) is 18.2. The largest absolute Gasteiger partial charge is 0.290 e. The molecule has 1 saturated carbocycles. The van der Waals surface area contributed by atoms with Crippen molar-refractivity contribution in [1.29, 1.82) is 0 Å². The van der Waals surface area contributed by atoms with E-state index < -0.39 is 0 Å². The number of nitrogens with zero attached hydrogens (tertiary/aromatic N) is 2. The van der Waals surface area contributed by atoms with E-state index in [1.807, 2.05) is 0 Å². The number of hydrogen-bond donors (Lipinski definition) is 0. The van der Waals surface area contributed by atoms with E-state index in [0.29, 0.717) is 6.04 Å². The van der Waals surface area contributed by atoms with Crippen LogP contribution in [0.15, 0.2) is 72.8 Å². The van der Waals surface area contributed by atoms with E-state index in [9.17, 15) is 0 Å². The monoisotopic (exact) mass is 381 g/mol. The number of benzene rings is 3. The molecule has 4 aromatic rings. The van der Waals surface area contributed by atoms with Crippen molar-refractivity contribution in [2.24, 2.45) is 7.05 Å². The molecule has 3 aromatic carbocycles. The van der Waals surface area contributed by atoms with Crippen molar-refractivity contribution in [3.8, 4) is 22.5 Å². The maximum Gasteiger partial charge on any atom is 0.290 e. The standard InChI is InChI=1S/C27H29N2/c1-20-19-22(21-11-5-3-6-12-21)17-18-24(20)27-28(2)25-15-9-10-16-26(25)29(27)23-13-7-4-8-14-23/h3,5-6,9-12,15-19,23H,4,7-8,13-14H2,1-2H3/q+1. The molecule has 29 heavy (non-hydrogen) atoms. The molecule has 146 valence electrons. The first-order chi connectivity index (χ1) is 14.2. The van der Waals surface area contributed by atoms with Crippen LogP contribution in [0.1, 0.15) is 43.7 Å². The average Bonchev–Trinajstić information content (AvgIpc) is 3.07. The fourth-order valence-electron chi connectivity index (χ4n) is 5.09. The second-order valence-electron chi connectivity index (χ2n) is 8.43. The molecule has 0 saturated heterocycles.